The van der Waals surface area contributed by atoms with Crippen molar-refractivity contribution in [2.75, 3.05) is 52.3 Å². The fraction of sp³-hybridized carbons (Fsp3) is 0.523. The number of aryl methyl sites for hydroxylation is 1. The molecule has 5 heterocycles. The van der Waals surface area contributed by atoms with Gasteiger partial charge in [0, 0.05) is 79.9 Å². The van der Waals surface area contributed by atoms with Crippen molar-refractivity contribution in [3.63, 3.8) is 0 Å². The van der Waals surface area contributed by atoms with Gasteiger partial charge in [-0.3, -0.25) is 19.6 Å². The number of phenols is 1. The topological polar surface area (TPSA) is 156 Å². The summed E-state index contributed by atoms with van der Waals surface area (Å²) in [6, 6.07) is 15.0. The molecule has 3 aliphatic rings. The number of fused-ring (bicyclic) bond motifs is 1. The molecule has 0 radical (unpaired) electrons. The van der Waals surface area contributed by atoms with Gasteiger partial charge >= 0.3 is 0 Å². The first-order chi connectivity index (χ1) is 28.0. The number of carbonyl (C=O) groups is 2. The lowest BCUT2D eigenvalue weighted by Crippen LogP contribution is -2.60. The summed E-state index contributed by atoms with van der Waals surface area (Å²) in [5.41, 5.74) is 10.2. The van der Waals surface area contributed by atoms with Crippen molar-refractivity contribution < 1.29 is 33.1 Å². The fourth-order valence-corrected chi connectivity index (χ4v) is 10.2. The molecule has 13 nitrogen and oxygen atoms in total. The third kappa shape index (κ3) is 8.87. The molecular formula is C44H58N6O7S. The highest BCUT2D eigenvalue weighted by Gasteiger charge is 2.49. The maximum absolute atomic E-state index is 14.1. The summed E-state index contributed by atoms with van der Waals surface area (Å²) in [6.45, 7) is 13.3. The Kier molecular flexibility index (Phi) is 13.0. The molecule has 0 bridgehead atoms. The van der Waals surface area contributed by atoms with Crippen molar-refractivity contribution in [3.8, 4) is 28.1 Å². The third-order valence-corrected chi connectivity index (χ3v) is 13.2. The normalized spacial score (nSPS) is 19.5. The number of hydrazine groups is 1. The van der Waals surface area contributed by atoms with Crippen LogP contribution in [0.4, 0.5) is 0 Å². The number of nitrogens with one attached hydrogen (secondary N) is 3. The molecule has 4 N–H and O–H groups in total. The Bertz CT molecular complexity index is 2130. The van der Waals surface area contributed by atoms with E-state index in [1.54, 1.807) is 30.4 Å². The van der Waals surface area contributed by atoms with E-state index < -0.39 is 22.4 Å². The van der Waals surface area contributed by atoms with Gasteiger partial charge in [-0.05, 0) is 105 Å². The van der Waals surface area contributed by atoms with Crippen LogP contribution in [0.2, 0.25) is 0 Å². The van der Waals surface area contributed by atoms with Crippen LogP contribution in [-0.4, -0.2) is 101 Å². The van der Waals surface area contributed by atoms with Gasteiger partial charge in [-0.15, -0.1) is 0 Å². The van der Waals surface area contributed by atoms with Gasteiger partial charge in [-0.25, -0.2) is 14.4 Å². The Morgan fingerprint density at radius 3 is 2.72 bits per heavy atom. The van der Waals surface area contributed by atoms with Crippen molar-refractivity contribution in [1.29, 1.82) is 0 Å². The molecule has 4 aromatic rings. The van der Waals surface area contributed by atoms with E-state index in [9.17, 15) is 18.9 Å². The molecule has 1 amide bonds. The third-order valence-electron chi connectivity index (χ3n) is 12.1. The zero-order valence-electron chi connectivity index (χ0n) is 34.3. The fourth-order valence-electron chi connectivity index (χ4n) is 8.86. The molecule has 312 valence electrons. The average molecular weight is 815 g/mol. The van der Waals surface area contributed by atoms with E-state index in [1.165, 1.54) is 0 Å². The summed E-state index contributed by atoms with van der Waals surface area (Å²) < 4.78 is 36.3. The molecular weight excluding hydrogens is 757 g/mol. The molecule has 3 fully saturated rings. The number of amides is 1. The van der Waals surface area contributed by atoms with Crippen LogP contribution >= 0.6 is 0 Å². The van der Waals surface area contributed by atoms with Crippen LogP contribution in [0.25, 0.3) is 33.3 Å². The van der Waals surface area contributed by atoms with Crippen molar-refractivity contribution in [3.05, 3.63) is 71.5 Å². The number of aromatic nitrogens is 2. The number of pyridine rings is 1. The van der Waals surface area contributed by atoms with Gasteiger partial charge < -0.3 is 29.2 Å². The Labute approximate surface area is 343 Å². The van der Waals surface area contributed by atoms with Crippen molar-refractivity contribution in [2.24, 2.45) is 10.8 Å². The molecule has 3 saturated heterocycles. The molecule has 0 aliphatic carbocycles. The maximum atomic E-state index is 14.1. The standard InChI is InChI=1S/C44H58N6O7S/c1-6-49-38-12-11-31(22-35(38)36(23-43(3,4)27-56-28-51)41(49)34-10-9-14-46-40(34)29(2)55-5)32-18-30(19-33(52)21-32)20-37(42(53)50-16-8-7-15-47-50)48-58(54)24-39-44(13-17-57-39)25-45-26-44/h9-12,14,18-19,21-22,28-29,37,39,45,47-48,52H,6-8,13,15-17,20,23-27H2,1-5H3. The van der Waals surface area contributed by atoms with Crippen LogP contribution in [0.1, 0.15) is 69.9 Å². The van der Waals surface area contributed by atoms with E-state index in [-0.39, 0.29) is 42.3 Å². The van der Waals surface area contributed by atoms with Crippen molar-refractivity contribution in [2.45, 2.75) is 84.6 Å². The minimum atomic E-state index is -1.53. The molecule has 2 aromatic carbocycles. The summed E-state index contributed by atoms with van der Waals surface area (Å²) in [5, 5.41) is 17.2. The predicted octanol–water partition coefficient (Wildman–Crippen LogP) is 5.21. The molecule has 4 atom stereocenters. The van der Waals surface area contributed by atoms with E-state index in [2.05, 4.69) is 65.1 Å². The molecule has 1 spiro atoms. The Hall–Kier alpha value is -4.18. The van der Waals surface area contributed by atoms with Crippen molar-refractivity contribution in [1.82, 2.24) is 30.0 Å². The number of hydrogen-bond acceptors (Lipinski definition) is 10. The molecule has 14 heteroatoms. The summed E-state index contributed by atoms with van der Waals surface area (Å²) in [4.78, 5) is 30.1. The van der Waals surface area contributed by atoms with Gasteiger partial charge in [-0.1, -0.05) is 26.0 Å². The number of hydrogen-bond donors (Lipinski definition) is 4. The van der Waals surface area contributed by atoms with Crippen LogP contribution in [0, 0.1) is 10.8 Å². The number of benzene rings is 2. The van der Waals surface area contributed by atoms with E-state index in [4.69, 9.17) is 19.2 Å². The SMILES string of the molecule is CCn1c(-c2cccnc2C(C)OC)c(CC(C)(C)COC=O)c2cc(-c3cc(O)cc(CC(NS(=O)CC4OCCC45CNC5)C(=O)N4CCCCN4)c3)ccc21. The smallest absolute Gasteiger partial charge is 0.293 e. The Morgan fingerprint density at radius 1 is 1.19 bits per heavy atom. The van der Waals surface area contributed by atoms with Gasteiger partial charge in [0.25, 0.3) is 12.4 Å². The number of phenolic OH excluding ortho intramolecular Hbond substituents is 1. The quantitative estimate of drug-likeness (QED) is 0.104. The number of methoxy groups -OCH3 is 1. The summed E-state index contributed by atoms with van der Waals surface area (Å²) in [5.74, 6) is 0.195. The zero-order chi connectivity index (χ0) is 41.0. The summed E-state index contributed by atoms with van der Waals surface area (Å²) in [7, 11) is 0.146. The number of rotatable bonds is 17. The second-order valence-corrected chi connectivity index (χ2v) is 18.1. The lowest BCUT2D eigenvalue weighted by Gasteiger charge is -2.42. The van der Waals surface area contributed by atoms with Crippen LogP contribution in [0.5, 0.6) is 5.75 Å². The maximum Gasteiger partial charge on any atom is 0.293 e. The monoisotopic (exact) mass is 814 g/mol. The molecule has 7 rings (SSSR count). The highest BCUT2D eigenvalue weighted by Crippen LogP contribution is 2.42. The minimum Gasteiger partial charge on any atom is -0.508 e. The molecule has 3 aliphatic heterocycles. The molecule has 58 heavy (non-hydrogen) atoms. The molecule has 4 unspecified atom stereocenters. The van der Waals surface area contributed by atoms with Crippen LogP contribution in [0.3, 0.4) is 0 Å². The highest BCUT2D eigenvalue weighted by molar-refractivity contribution is 7.83. The Morgan fingerprint density at radius 2 is 2.02 bits per heavy atom. The van der Waals surface area contributed by atoms with E-state index >= 15 is 0 Å². The second-order valence-electron chi connectivity index (χ2n) is 16.8. The van der Waals surface area contributed by atoms with Gasteiger partial charge in [0.05, 0.1) is 46.9 Å². The molecule has 0 saturated carbocycles. The first-order valence-electron chi connectivity index (χ1n) is 20.5. The lowest BCUT2D eigenvalue weighted by atomic mass is 9.76. The van der Waals surface area contributed by atoms with Gasteiger partial charge in [0.1, 0.15) is 11.8 Å². The average Bonchev–Trinajstić information content (AvgIpc) is 3.77. The van der Waals surface area contributed by atoms with E-state index in [0.29, 0.717) is 44.9 Å². The number of ether oxygens (including phenoxy) is 3. The zero-order valence-corrected chi connectivity index (χ0v) is 35.2. The van der Waals surface area contributed by atoms with Crippen molar-refractivity contribution >= 4 is 34.3 Å². The number of nitrogens with zero attached hydrogens (tertiary/aromatic N) is 3. The first-order valence-corrected chi connectivity index (χ1v) is 21.8. The number of aromatic hydroxyl groups is 1. The van der Waals surface area contributed by atoms with Crippen LogP contribution in [-0.2, 0) is 54.2 Å². The minimum absolute atomic E-state index is 0.00684. The van der Waals surface area contributed by atoms with Gasteiger partial charge in [-0.2, -0.15) is 0 Å². The Balaban J connectivity index is 1.26. The first kappa shape index (κ1) is 42.0. The second kappa shape index (κ2) is 18.0. The highest BCUT2D eigenvalue weighted by atomic mass is 32.2. The van der Waals surface area contributed by atoms with Gasteiger partial charge in [0.2, 0.25) is 0 Å². The predicted molar refractivity (Wildman–Crippen MR) is 225 cm³/mol. The van der Waals surface area contributed by atoms with Crippen LogP contribution in [0.15, 0.2) is 54.7 Å². The molecule has 2 aromatic heterocycles. The lowest BCUT2D eigenvalue weighted by molar-refractivity contribution is -0.137. The van der Waals surface area contributed by atoms with E-state index in [0.717, 1.165) is 82.5 Å². The van der Waals surface area contributed by atoms with Crippen LogP contribution < -0.4 is 15.5 Å². The number of carbonyl (C=O) groups excluding carboxylic acids is 2. The van der Waals surface area contributed by atoms with Gasteiger partial charge in [0.15, 0.2) is 0 Å². The summed E-state index contributed by atoms with van der Waals surface area (Å²) in [6.07, 6.45) is 5.02. The summed E-state index contributed by atoms with van der Waals surface area (Å²) >= 11 is 0. The van der Waals surface area contributed by atoms with E-state index in [1.807, 2.05) is 19.1 Å². The largest absolute Gasteiger partial charge is 0.508 e.